The van der Waals surface area contributed by atoms with Crippen LogP contribution in [0.3, 0.4) is 0 Å². The Balaban J connectivity index is 2.67. The van der Waals surface area contributed by atoms with E-state index in [2.05, 4.69) is 5.32 Å². The van der Waals surface area contributed by atoms with Gasteiger partial charge in [-0.2, -0.15) is 0 Å². The Labute approximate surface area is 89.4 Å². The van der Waals surface area contributed by atoms with Gasteiger partial charge in [0, 0.05) is 0 Å². The molecule has 0 bridgehead atoms. The molecule has 1 heterocycles. The van der Waals surface area contributed by atoms with Crippen molar-refractivity contribution in [1.29, 1.82) is 0 Å². The molecule has 0 aromatic rings. The maximum Gasteiger partial charge on any atom is 0.324 e. The quantitative estimate of drug-likeness (QED) is 0.669. The molecule has 1 saturated heterocycles. The molecule has 3 amide bonds. The van der Waals surface area contributed by atoms with Crippen LogP contribution in [0.15, 0.2) is 0 Å². The predicted octanol–water partition coefficient (Wildman–Crippen LogP) is 0.478. The number of urea groups is 1. The number of nitrogens with one attached hydrogen (secondary N) is 1. The normalized spacial score (nSPS) is 22.1. The molecule has 5 nitrogen and oxygen atoms in total. The summed E-state index contributed by atoms with van der Waals surface area (Å²) in [7, 11) is 0. The maximum absolute atomic E-state index is 11.7. The summed E-state index contributed by atoms with van der Waals surface area (Å²) in [6, 6.07) is -0.814. The number of rotatable bonds is 4. The highest BCUT2D eigenvalue weighted by atomic mass is 16.3. The van der Waals surface area contributed by atoms with Crippen molar-refractivity contribution in [3.63, 3.8) is 0 Å². The number of hydrogen-bond donors (Lipinski definition) is 2. The standard InChI is InChI=1S/C10H18N2O3/c1-4-5-7-8(13)12(9(14)11-7)6-10(2,3)15/h7,15H,4-6H2,1-3H3,(H,11,14). The minimum absolute atomic E-state index is 0.0396. The monoisotopic (exact) mass is 214 g/mol. The first-order valence-corrected chi connectivity index (χ1v) is 5.19. The fraction of sp³-hybridized carbons (Fsp3) is 0.800. The van der Waals surface area contributed by atoms with Crippen molar-refractivity contribution in [3.8, 4) is 0 Å². The summed E-state index contributed by atoms with van der Waals surface area (Å²) in [6.07, 6.45) is 1.49. The van der Waals surface area contributed by atoms with Crippen molar-refractivity contribution in [2.75, 3.05) is 6.54 Å². The lowest BCUT2D eigenvalue weighted by molar-refractivity contribution is -0.129. The van der Waals surface area contributed by atoms with E-state index < -0.39 is 17.7 Å². The van der Waals surface area contributed by atoms with Crippen LogP contribution < -0.4 is 5.32 Å². The summed E-state index contributed by atoms with van der Waals surface area (Å²) in [5.41, 5.74) is -1.05. The van der Waals surface area contributed by atoms with Crippen molar-refractivity contribution in [2.45, 2.75) is 45.3 Å². The van der Waals surface area contributed by atoms with Crippen LogP contribution in [0.2, 0.25) is 0 Å². The zero-order chi connectivity index (χ0) is 11.6. The van der Waals surface area contributed by atoms with E-state index in [1.54, 1.807) is 13.8 Å². The number of β-amino-alcohol motifs (C(OH)–C–C–N with tert-alkyl or cyclic N) is 1. The summed E-state index contributed by atoms with van der Waals surface area (Å²) >= 11 is 0. The zero-order valence-electron chi connectivity index (χ0n) is 9.41. The van der Waals surface area contributed by atoms with E-state index >= 15 is 0 Å². The number of nitrogens with zero attached hydrogens (tertiary/aromatic N) is 1. The molecule has 15 heavy (non-hydrogen) atoms. The molecule has 0 radical (unpaired) electrons. The third kappa shape index (κ3) is 2.92. The van der Waals surface area contributed by atoms with Crippen LogP contribution in [0.4, 0.5) is 4.79 Å². The summed E-state index contributed by atoms with van der Waals surface area (Å²) in [6.45, 7) is 5.14. The van der Waals surface area contributed by atoms with E-state index in [4.69, 9.17) is 0 Å². The van der Waals surface area contributed by atoms with Crippen LogP contribution in [0.25, 0.3) is 0 Å². The van der Waals surface area contributed by atoms with Gasteiger partial charge in [-0.25, -0.2) is 4.79 Å². The topological polar surface area (TPSA) is 69.6 Å². The van der Waals surface area contributed by atoms with Crippen LogP contribution >= 0.6 is 0 Å². The van der Waals surface area contributed by atoms with Gasteiger partial charge in [0.1, 0.15) is 6.04 Å². The number of carbonyl (C=O) groups excluding carboxylic acids is 2. The highest BCUT2D eigenvalue weighted by Gasteiger charge is 2.39. The van der Waals surface area contributed by atoms with E-state index in [-0.39, 0.29) is 12.5 Å². The number of amides is 3. The van der Waals surface area contributed by atoms with E-state index in [9.17, 15) is 14.7 Å². The second-order valence-electron chi connectivity index (χ2n) is 4.53. The van der Waals surface area contributed by atoms with Crippen molar-refractivity contribution >= 4 is 11.9 Å². The smallest absolute Gasteiger partial charge is 0.324 e. The number of carbonyl (C=O) groups is 2. The molecule has 0 spiro atoms. The molecule has 0 saturated carbocycles. The van der Waals surface area contributed by atoms with Gasteiger partial charge in [-0.15, -0.1) is 0 Å². The molecular weight excluding hydrogens is 196 g/mol. The van der Waals surface area contributed by atoms with Gasteiger partial charge < -0.3 is 10.4 Å². The highest BCUT2D eigenvalue weighted by molar-refractivity contribution is 6.04. The lowest BCUT2D eigenvalue weighted by atomic mass is 10.1. The molecule has 1 rings (SSSR count). The van der Waals surface area contributed by atoms with Gasteiger partial charge in [-0.3, -0.25) is 9.69 Å². The van der Waals surface area contributed by atoms with E-state index in [1.165, 1.54) is 0 Å². The zero-order valence-corrected chi connectivity index (χ0v) is 9.41. The molecule has 1 aliphatic heterocycles. The van der Waals surface area contributed by atoms with Crippen LogP contribution in [0.5, 0.6) is 0 Å². The predicted molar refractivity (Wildman–Crippen MR) is 55.2 cm³/mol. The Hall–Kier alpha value is -1.10. The molecule has 5 heteroatoms. The van der Waals surface area contributed by atoms with Gasteiger partial charge in [-0.1, -0.05) is 13.3 Å². The third-order valence-electron chi connectivity index (χ3n) is 2.23. The van der Waals surface area contributed by atoms with Gasteiger partial charge in [0.2, 0.25) is 0 Å². The number of hydrogen-bond acceptors (Lipinski definition) is 3. The molecule has 1 atom stereocenters. The minimum atomic E-state index is -1.05. The Bertz CT molecular complexity index is 270. The van der Waals surface area contributed by atoms with E-state index in [0.29, 0.717) is 6.42 Å². The first kappa shape index (κ1) is 12.0. The van der Waals surface area contributed by atoms with Gasteiger partial charge in [0.15, 0.2) is 0 Å². The summed E-state index contributed by atoms with van der Waals surface area (Å²) in [4.78, 5) is 24.2. The summed E-state index contributed by atoms with van der Waals surface area (Å²) in [5.74, 6) is -0.232. The fourth-order valence-electron chi connectivity index (χ4n) is 1.60. The van der Waals surface area contributed by atoms with Crippen LogP contribution in [-0.2, 0) is 4.79 Å². The Morgan fingerprint density at radius 3 is 2.53 bits per heavy atom. The first-order valence-electron chi connectivity index (χ1n) is 5.19. The molecule has 1 fully saturated rings. The Morgan fingerprint density at radius 1 is 1.47 bits per heavy atom. The minimum Gasteiger partial charge on any atom is -0.389 e. The fourth-order valence-corrected chi connectivity index (χ4v) is 1.60. The highest BCUT2D eigenvalue weighted by Crippen LogP contribution is 2.14. The summed E-state index contributed by atoms with van der Waals surface area (Å²) < 4.78 is 0. The van der Waals surface area contributed by atoms with Crippen LogP contribution in [0.1, 0.15) is 33.6 Å². The molecule has 1 aliphatic rings. The number of aliphatic hydroxyl groups is 1. The van der Waals surface area contributed by atoms with Crippen molar-refractivity contribution in [2.24, 2.45) is 0 Å². The second-order valence-corrected chi connectivity index (χ2v) is 4.53. The number of imide groups is 1. The average Bonchev–Trinajstić information content (AvgIpc) is 2.32. The largest absolute Gasteiger partial charge is 0.389 e. The van der Waals surface area contributed by atoms with Crippen molar-refractivity contribution in [3.05, 3.63) is 0 Å². The molecular formula is C10H18N2O3. The molecule has 0 aromatic heterocycles. The van der Waals surface area contributed by atoms with Gasteiger partial charge >= 0.3 is 6.03 Å². The van der Waals surface area contributed by atoms with E-state index in [1.807, 2.05) is 6.92 Å². The Morgan fingerprint density at radius 2 is 2.07 bits per heavy atom. The Kier molecular flexibility index (Phi) is 3.34. The van der Waals surface area contributed by atoms with Crippen molar-refractivity contribution < 1.29 is 14.7 Å². The average molecular weight is 214 g/mol. The van der Waals surface area contributed by atoms with Gasteiger partial charge in [0.05, 0.1) is 12.1 Å². The first-order chi connectivity index (χ1) is 6.85. The van der Waals surface area contributed by atoms with Crippen molar-refractivity contribution in [1.82, 2.24) is 10.2 Å². The second kappa shape index (κ2) is 4.18. The van der Waals surface area contributed by atoms with E-state index in [0.717, 1.165) is 11.3 Å². The summed E-state index contributed by atoms with van der Waals surface area (Å²) in [5, 5.41) is 12.2. The van der Waals surface area contributed by atoms with Crippen LogP contribution in [-0.4, -0.2) is 40.1 Å². The lowest BCUT2D eigenvalue weighted by Gasteiger charge is -2.22. The third-order valence-corrected chi connectivity index (χ3v) is 2.23. The molecule has 0 aromatic carbocycles. The molecule has 1 unspecified atom stereocenters. The van der Waals surface area contributed by atoms with Gasteiger partial charge in [-0.05, 0) is 20.3 Å². The van der Waals surface area contributed by atoms with Crippen LogP contribution in [0, 0.1) is 0 Å². The molecule has 2 N–H and O–H groups in total. The SMILES string of the molecule is CCCC1NC(=O)N(CC(C)(C)O)C1=O. The lowest BCUT2D eigenvalue weighted by Crippen LogP contribution is -2.42. The van der Waals surface area contributed by atoms with Gasteiger partial charge in [0.25, 0.3) is 5.91 Å². The molecule has 0 aliphatic carbocycles. The molecule has 86 valence electrons. The maximum atomic E-state index is 11.7.